The van der Waals surface area contributed by atoms with Gasteiger partial charge in [0.05, 0.1) is 0 Å². The van der Waals surface area contributed by atoms with E-state index in [9.17, 15) is 0 Å². The summed E-state index contributed by atoms with van der Waals surface area (Å²) in [5.74, 6) is 0.703. The van der Waals surface area contributed by atoms with Gasteiger partial charge in [-0.25, -0.2) is 0 Å². The summed E-state index contributed by atoms with van der Waals surface area (Å²) in [5, 5.41) is 1.48. The molecule has 1 saturated heterocycles. The zero-order valence-electron chi connectivity index (χ0n) is 15.3. The van der Waals surface area contributed by atoms with Crippen molar-refractivity contribution in [3.05, 3.63) is 64.6 Å². The highest BCUT2D eigenvalue weighted by Gasteiger charge is 2.44. The van der Waals surface area contributed by atoms with Crippen molar-refractivity contribution in [2.45, 2.75) is 45.2 Å². The zero-order valence-corrected chi connectivity index (χ0v) is 15.3. The Bertz CT molecular complexity index is 952. The van der Waals surface area contributed by atoms with E-state index >= 15 is 0 Å². The lowest BCUT2D eigenvalue weighted by molar-refractivity contribution is 0.306. The van der Waals surface area contributed by atoms with Gasteiger partial charge in [-0.2, -0.15) is 0 Å². The van der Waals surface area contributed by atoms with Gasteiger partial charge in [-0.15, -0.1) is 0 Å². The van der Waals surface area contributed by atoms with Gasteiger partial charge in [0, 0.05) is 53.5 Å². The summed E-state index contributed by atoms with van der Waals surface area (Å²) < 4.78 is 2.61. The molecule has 2 aromatic heterocycles. The quantitative estimate of drug-likeness (QED) is 0.710. The molecular formula is C22H25N3. The fraction of sp³-hybridized carbons (Fsp3) is 0.409. The van der Waals surface area contributed by atoms with Crippen LogP contribution in [0.1, 0.15) is 46.5 Å². The van der Waals surface area contributed by atoms with Gasteiger partial charge in [0.2, 0.25) is 0 Å². The molecule has 1 aliphatic heterocycles. The van der Waals surface area contributed by atoms with Crippen LogP contribution in [0.5, 0.6) is 0 Å². The minimum Gasteiger partial charge on any atom is -0.344 e. The molecule has 128 valence electrons. The lowest BCUT2D eigenvalue weighted by atomic mass is 10.0. The summed E-state index contributed by atoms with van der Waals surface area (Å²) in [6.07, 6.45) is 4.38. The van der Waals surface area contributed by atoms with E-state index in [2.05, 4.69) is 58.8 Å². The van der Waals surface area contributed by atoms with E-state index in [1.165, 1.54) is 35.0 Å². The van der Waals surface area contributed by atoms with Crippen molar-refractivity contribution in [2.75, 3.05) is 13.6 Å². The van der Waals surface area contributed by atoms with Crippen molar-refractivity contribution in [3.63, 3.8) is 0 Å². The molecule has 25 heavy (non-hydrogen) atoms. The second kappa shape index (κ2) is 5.43. The Kier molecular flexibility index (Phi) is 3.29. The Morgan fingerprint density at radius 1 is 1.16 bits per heavy atom. The molecule has 3 aromatic rings. The van der Waals surface area contributed by atoms with Crippen molar-refractivity contribution in [1.82, 2.24) is 14.5 Å². The van der Waals surface area contributed by atoms with Gasteiger partial charge in [-0.05, 0) is 63.1 Å². The van der Waals surface area contributed by atoms with Crippen LogP contribution in [0.25, 0.3) is 10.9 Å². The maximum Gasteiger partial charge on any atom is 0.0486 e. The zero-order chi connectivity index (χ0) is 17.1. The molecule has 3 nitrogen and oxygen atoms in total. The van der Waals surface area contributed by atoms with Crippen LogP contribution in [0.3, 0.4) is 0 Å². The van der Waals surface area contributed by atoms with Crippen LogP contribution < -0.4 is 0 Å². The molecule has 2 unspecified atom stereocenters. The van der Waals surface area contributed by atoms with Crippen molar-refractivity contribution in [1.29, 1.82) is 0 Å². The first-order valence-electron chi connectivity index (χ1n) is 9.36. The topological polar surface area (TPSA) is 21.1 Å². The molecule has 2 bridgehead atoms. The maximum absolute atomic E-state index is 4.46. The predicted molar refractivity (Wildman–Crippen MR) is 102 cm³/mol. The van der Waals surface area contributed by atoms with Crippen molar-refractivity contribution < 1.29 is 0 Å². The van der Waals surface area contributed by atoms with Gasteiger partial charge in [-0.3, -0.25) is 9.88 Å². The smallest absolute Gasteiger partial charge is 0.0486 e. The summed E-state index contributed by atoms with van der Waals surface area (Å²) in [6, 6.07) is 11.9. The second-order valence-corrected chi connectivity index (χ2v) is 7.92. The first-order valence-corrected chi connectivity index (χ1v) is 9.36. The van der Waals surface area contributed by atoms with Crippen LogP contribution in [-0.4, -0.2) is 28.0 Å². The number of pyridine rings is 1. The fourth-order valence-electron chi connectivity index (χ4n) is 4.97. The van der Waals surface area contributed by atoms with E-state index in [0.29, 0.717) is 12.0 Å². The Morgan fingerprint density at radius 2 is 2.04 bits per heavy atom. The third kappa shape index (κ3) is 2.26. The molecule has 0 amide bonds. The average Bonchev–Trinajstić information content (AvgIpc) is 3.23. The summed E-state index contributed by atoms with van der Waals surface area (Å²) in [5.41, 5.74) is 8.42. The molecule has 0 N–H and O–H groups in total. The summed E-state index contributed by atoms with van der Waals surface area (Å²) in [6.45, 7) is 6.51. The van der Waals surface area contributed by atoms with E-state index in [1.807, 2.05) is 13.1 Å². The number of hydrogen-bond acceptors (Lipinski definition) is 2. The van der Waals surface area contributed by atoms with Gasteiger partial charge < -0.3 is 4.57 Å². The number of aryl methyl sites for hydroxylation is 4. The van der Waals surface area contributed by atoms with Gasteiger partial charge in [-0.1, -0.05) is 17.7 Å². The average molecular weight is 331 g/mol. The fourth-order valence-corrected chi connectivity index (χ4v) is 4.97. The van der Waals surface area contributed by atoms with Gasteiger partial charge >= 0.3 is 0 Å². The lowest BCUT2D eigenvalue weighted by Gasteiger charge is -2.24. The number of hydrogen-bond donors (Lipinski definition) is 0. The Hall–Kier alpha value is -2.13. The molecule has 2 atom stereocenters. The normalized spacial score (nSPS) is 22.0. The van der Waals surface area contributed by atoms with Crippen LogP contribution in [0.15, 0.2) is 36.5 Å². The van der Waals surface area contributed by atoms with Gasteiger partial charge in [0.25, 0.3) is 0 Å². The van der Waals surface area contributed by atoms with E-state index < -0.39 is 0 Å². The first-order chi connectivity index (χ1) is 12.1. The highest BCUT2D eigenvalue weighted by Crippen LogP contribution is 2.53. The molecule has 3 heteroatoms. The molecular weight excluding hydrogens is 306 g/mol. The van der Waals surface area contributed by atoms with E-state index in [-0.39, 0.29) is 0 Å². The van der Waals surface area contributed by atoms with Crippen LogP contribution >= 0.6 is 0 Å². The number of aromatic nitrogens is 2. The first kappa shape index (κ1) is 15.2. The standard InChI is InChI=1S/C22H25N3/c1-14-4-7-19-18(10-14)21-20-11-17(13-24(20)3)22(21)25(19)9-8-16-6-5-15(2)23-12-16/h4-7,10,12,17,20H,8-9,11,13H2,1-3H3. The molecule has 5 rings (SSSR count). The maximum atomic E-state index is 4.46. The molecule has 1 aliphatic carbocycles. The highest BCUT2D eigenvalue weighted by molar-refractivity contribution is 5.88. The summed E-state index contributed by atoms with van der Waals surface area (Å²) in [7, 11) is 2.28. The predicted octanol–water partition coefficient (Wildman–Crippen LogP) is 4.37. The van der Waals surface area contributed by atoms with E-state index in [0.717, 1.165) is 18.7 Å². The van der Waals surface area contributed by atoms with E-state index in [4.69, 9.17) is 0 Å². The number of rotatable bonds is 3. The summed E-state index contributed by atoms with van der Waals surface area (Å²) in [4.78, 5) is 7.00. The minimum absolute atomic E-state index is 0.617. The second-order valence-electron chi connectivity index (χ2n) is 7.92. The van der Waals surface area contributed by atoms with Crippen LogP contribution in [-0.2, 0) is 13.0 Å². The third-order valence-electron chi connectivity index (χ3n) is 6.16. The van der Waals surface area contributed by atoms with Crippen LogP contribution in [0, 0.1) is 13.8 Å². The number of likely N-dealkylation sites (tertiary alicyclic amines) is 1. The van der Waals surface area contributed by atoms with Crippen LogP contribution in [0.2, 0.25) is 0 Å². The molecule has 0 radical (unpaired) electrons. The van der Waals surface area contributed by atoms with E-state index in [1.54, 1.807) is 11.3 Å². The third-order valence-corrected chi connectivity index (χ3v) is 6.16. The number of benzene rings is 1. The molecule has 3 heterocycles. The molecule has 2 aliphatic rings. The number of nitrogens with zero attached hydrogens (tertiary/aromatic N) is 3. The SMILES string of the molecule is Cc1ccc2c(c1)c1c(n2CCc2ccc(C)nc2)C2CC1N(C)C2. The van der Waals surface area contributed by atoms with Crippen molar-refractivity contribution in [2.24, 2.45) is 0 Å². The molecule has 1 fully saturated rings. The van der Waals surface area contributed by atoms with Crippen molar-refractivity contribution >= 4 is 10.9 Å². The van der Waals surface area contributed by atoms with Gasteiger partial charge in [0.1, 0.15) is 0 Å². The Balaban J connectivity index is 1.59. The minimum atomic E-state index is 0.617. The largest absolute Gasteiger partial charge is 0.344 e. The van der Waals surface area contributed by atoms with Gasteiger partial charge in [0.15, 0.2) is 0 Å². The van der Waals surface area contributed by atoms with Crippen molar-refractivity contribution in [3.8, 4) is 0 Å². The molecule has 0 saturated carbocycles. The lowest BCUT2D eigenvalue weighted by Crippen LogP contribution is -2.23. The Morgan fingerprint density at radius 3 is 2.84 bits per heavy atom. The Labute approximate surface area is 149 Å². The highest BCUT2D eigenvalue weighted by atomic mass is 15.2. The van der Waals surface area contributed by atoms with Crippen LogP contribution in [0.4, 0.5) is 0 Å². The number of likely N-dealkylation sites (N-methyl/N-ethyl adjacent to an activating group) is 1. The monoisotopic (exact) mass is 331 g/mol. The number of fused-ring (bicyclic) bond motifs is 7. The molecule has 0 spiro atoms. The summed E-state index contributed by atoms with van der Waals surface area (Å²) >= 11 is 0. The molecule has 1 aromatic carbocycles.